The number of amides is 1. The van der Waals surface area contributed by atoms with Gasteiger partial charge in [0.1, 0.15) is 0 Å². The first-order valence-corrected chi connectivity index (χ1v) is 7.33. The maximum Gasteiger partial charge on any atom is 0.255 e. The van der Waals surface area contributed by atoms with E-state index in [1.54, 1.807) is 23.1 Å². The summed E-state index contributed by atoms with van der Waals surface area (Å²) in [6.07, 6.45) is 0. The number of thioether (sulfide) groups is 1. The first-order valence-electron chi connectivity index (χ1n) is 5.46. The minimum Gasteiger partial charge on any atom is -0.318 e. The smallest absolute Gasteiger partial charge is 0.255 e. The summed E-state index contributed by atoms with van der Waals surface area (Å²) in [5.41, 5.74) is 3.33. The van der Waals surface area contributed by atoms with Gasteiger partial charge in [-0.3, -0.25) is 4.79 Å². The molecule has 2 aliphatic rings. The van der Waals surface area contributed by atoms with Gasteiger partial charge in [-0.2, -0.15) is 0 Å². The number of rotatable bonds is 0. The van der Waals surface area contributed by atoms with Crippen LogP contribution < -0.4 is 0 Å². The summed E-state index contributed by atoms with van der Waals surface area (Å²) in [5.74, 6) is 0.945. The molecule has 0 bridgehead atoms. The van der Waals surface area contributed by atoms with Gasteiger partial charge in [-0.15, -0.1) is 11.3 Å². The van der Waals surface area contributed by atoms with Crippen LogP contribution >= 0.6 is 23.1 Å². The number of fused-ring (bicyclic) bond motifs is 5. The van der Waals surface area contributed by atoms with Crippen molar-refractivity contribution in [3.63, 3.8) is 0 Å². The molecule has 0 saturated heterocycles. The highest BCUT2D eigenvalue weighted by Crippen LogP contribution is 2.48. The Balaban J connectivity index is 1.98. The lowest BCUT2D eigenvalue weighted by Crippen LogP contribution is -2.30. The summed E-state index contributed by atoms with van der Waals surface area (Å²) in [6, 6.07) is 10.3. The highest BCUT2D eigenvalue weighted by molar-refractivity contribution is 8.01. The Labute approximate surface area is 107 Å². The van der Waals surface area contributed by atoms with E-state index in [9.17, 15) is 4.79 Å². The third-order valence-corrected chi connectivity index (χ3v) is 5.62. The second-order valence-corrected chi connectivity index (χ2v) is 6.33. The zero-order valence-corrected chi connectivity index (χ0v) is 10.6. The summed E-state index contributed by atoms with van der Waals surface area (Å²) in [4.78, 5) is 14.3. The molecule has 0 fully saturated rings. The molecule has 1 aromatic heterocycles. The van der Waals surface area contributed by atoms with E-state index >= 15 is 0 Å². The third-order valence-electron chi connectivity index (χ3n) is 3.35. The number of thiophene rings is 1. The average Bonchev–Trinajstić information content (AvgIpc) is 2.93. The molecule has 4 rings (SSSR count). The zero-order valence-electron chi connectivity index (χ0n) is 8.92. The molecule has 2 nitrogen and oxygen atoms in total. The van der Waals surface area contributed by atoms with Crippen LogP contribution in [0.2, 0.25) is 0 Å². The third kappa shape index (κ3) is 1.20. The first-order chi connectivity index (χ1) is 8.36. The van der Waals surface area contributed by atoms with Gasteiger partial charge in [0.2, 0.25) is 0 Å². The van der Waals surface area contributed by atoms with Crippen LogP contribution in [0.15, 0.2) is 39.9 Å². The van der Waals surface area contributed by atoms with E-state index in [2.05, 4.69) is 17.5 Å². The molecule has 1 amide bonds. The molecule has 2 aliphatic heterocycles. The SMILES string of the molecule is O=C1c2ccccc2C2c3ccsc3SCN12. The summed E-state index contributed by atoms with van der Waals surface area (Å²) in [7, 11) is 0. The van der Waals surface area contributed by atoms with Crippen LogP contribution in [-0.4, -0.2) is 16.7 Å². The summed E-state index contributed by atoms with van der Waals surface area (Å²) < 4.78 is 1.36. The number of hydrogen-bond acceptors (Lipinski definition) is 3. The lowest BCUT2D eigenvalue weighted by Gasteiger charge is -2.29. The van der Waals surface area contributed by atoms with Crippen LogP contribution in [-0.2, 0) is 0 Å². The van der Waals surface area contributed by atoms with Gasteiger partial charge in [0.25, 0.3) is 5.91 Å². The van der Waals surface area contributed by atoms with Gasteiger partial charge in [0, 0.05) is 11.1 Å². The number of carbonyl (C=O) groups excluding carboxylic acids is 1. The molecule has 0 spiro atoms. The van der Waals surface area contributed by atoms with Gasteiger partial charge in [0.05, 0.1) is 16.1 Å². The van der Waals surface area contributed by atoms with E-state index in [-0.39, 0.29) is 11.9 Å². The van der Waals surface area contributed by atoms with Crippen molar-refractivity contribution in [2.45, 2.75) is 10.3 Å². The van der Waals surface area contributed by atoms with Gasteiger partial charge < -0.3 is 4.90 Å². The molecule has 2 aromatic rings. The maximum absolute atomic E-state index is 12.3. The fourth-order valence-electron chi connectivity index (χ4n) is 2.59. The van der Waals surface area contributed by atoms with Crippen molar-refractivity contribution in [3.05, 3.63) is 52.4 Å². The van der Waals surface area contributed by atoms with Crippen LogP contribution in [0.4, 0.5) is 0 Å². The molecular weight excluding hydrogens is 250 g/mol. The molecule has 0 radical (unpaired) electrons. The maximum atomic E-state index is 12.3. The molecule has 0 saturated carbocycles. The highest BCUT2D eigenvalue weighted by atomic mass is 32.2. The van der Waals surface area contributed by atoms with Gasteiger partial charge in [-0.25, -0.2) is 0 Å². The van der Waals surface area contributed by atoms with Crippen molar-refractivity contribution in [2.24, 2.45) is 0 Å². The van der Waals surface area contributed by atoms with Crippen LogP contribution in [0.3, 0.4) is 0 Å². The van der Waals surface area contributed by atoms with Gasteiger partial charge >= 0.3 is 0 Å². The standard InChI is InChI=1S/C13H9NOS2/c15-12-9-4-2-1-3-8(9)11-10-5-6-16-13(10)17-7-14(11)12/h1-6,11H,7H2. The van der Waals surface area contributed by atoms with Crippen LogP contribution in [0, 0.1) is 0 Å². The van der Waals surface area contributed by atoms with E-state index in [0.717, 1.165) is 17.0 Å². The Morgan fingerprint density at radius 2 is 2.06 bits per heavy atom. The largest absolute Gasteiger partial charge is 0.318 e. The minimum absolute atomic E-state index is 0.154. The van der Waals surface area contributed by atoms with Crippen LogP contribution in [0.1, 0.15) is 27.5 Å². The van der Waals surface area contributed by atoms with Crippen molar-refractivity contribution in [1.82, 2.24) is 4.90 Å². The summed E-state index contributed by atoms with van der Waals surface area (Å²) in [6.45, 7) is 0. The fourth-order valence-corrected chi connectivity index (χ4v) is 4.71. The first kappa shape index (κ1) is 9.74. The predicted molar refractivity (Wildman–Crippen MR) is 69.5 cm³/mol. The molecule has 17 heavy (non-hydrogen) atoms. The minimum atomic E-state index is 0.154. The number of carbonyl (C=O) groups is 1. The van der Waals surface area contributed by atoms with Crippen LogP contribution in [0.5, 0.6) is 0 Å². The zero-order chi connectivity index (χ0) is 11.4. The Hall–Kier alpha value is -1.26. The highest BCUT2D eigenvalue weighted by Gasteiger charge is 2.41. The Morgan fingerprint density at radius 1 is 1.18 bits per heavy atom. The van der Waals surface area contributed by atoms with Gasteiger partial charge in [-0.1, -0.05) is 30.0 Å². The molecule has 3 heterocycles. The average molecular weight is 259 g/mol. The lowest BCUT2D eigenvalue weighted by molar-refractivity contribution is 0.0780. The molecule has 1 atom stereocenters. The second kappa shape index (κ2) is 3.37. The number of benzene rings is 1. The van der Waals surface area contributed by atoms with Crippen molar-refractivity contribution in [1.29, 1.82) is 0 Å². The van der Waals surface area contributed by atoms with Crippen molar-refractivity contribution in [3.8, 4) is 0 Å². The molecule has 0 N–H and O–H groups in total. The molecule has 84 valence electrons. The van der Waals surface area contributed by atoms with Crippen molar-refractivity contribution in [2.75, 3.05) is 5.88 Å². The molecule has 1 aromatic carbocycles. The summed E-state index contributed by atoms with van der Waals surface area (Å²) >= 11 is 3.54. The van der Waals surface area contributed by atoms with Crippen molar-refractivity contribution >= 4 is 29.0 Å². The van der Waals surface area contributed by atoms with E-state index < -0.39 is 0 Å². The molecule has 0 aliphatic carbocycles. The number of hydrogen-bond donors (Lipinski definition) is 0. The fraction of sp³-hybridized carbons (Fsp3) is 0.154. The van der Waals surface area contributed by atoms with E-state index in [0.29, 0.717) is 0 Å². The predicted octanol–water partition coefficient (Wildman–Crippen LogP) is 3.36. The molecule has 4 heteroatoms. The topological polar surface area (TPSA) is 20.3 Å². The van der Waals surface area contributed by atoms with Crippen molar-refractivity contribution < 1.29 is 4.79 Å². The Bertz CT molecular complexity index is 619. The van der Waals surface area contributed by atoms with E-state index in [1.165, 1.54) is 9.77 Å². The lowest BCUT2D eigenvalue weighted by atomic mass is 10.0. The number of nitrogens with zero attached hydrogens (tertiary/aromatic N) is 1. The molecule has 1 unspecified atom stereocenters. The second-order valence-electron chi connectivity index (χ2n) is 4.20. The van der Waals surface area contributed by atoms with Crippen LogP contribution in [0.25, 0.3) is 0 Å². The summed E-state index contributed by atoms with van der Waals surface area (Å²) in [5, 5.41) is 2.12. The Morgan fingerprint density at radius 3 is 3.00 bits per heavy atom. The molecular formula is C13H9NOS2. The quantitative estimate of drug-likeness (QED) is 0.723. The van der Waals surface area contributed by atoms with E-state index in [4.69, 9.17) is 0 Å². The Kier molecular flexibility index (Phi) is 1.93. The monoisotopic (exact) mass is 259 g/mol. The normalized spacial score (nSPS) is 21.1. The van der Waals surface area contributed by atoms with E-state index in [1.807, 2.05) is 23.1 Å². The van der Waals surface area contributed by atoms with Gasteiger partial charge in [-0.05, 0) is 23.1 Å². The van der Waals surface area contributed by atoms with Gasteiger partial charge in [0.15, 0.2) is 0 Å².